The lowest BCUT2D eigenvalue weighted by atomic mass is 10.2. The standard InChI is InChI=1S/C17H22N4O3/c1-2-21-13-7-4-3-6-12(13)19-17(21)14-8-5-9-20(14)11-15(22)18-10-16(23)24/h3-4,6-7,14H,2,5,8-11H2,1H3,(H,18,22)(H,23,24). The molecule has 0 radical (unpaired) electrons. The Morgan fingerprint density at radius 1 is 1.38 bits per heavy atom. The molecule has 0 aliphatic carbocycles. The predicted molar refractivity (Wildman–Crippen MR) is 89.6 cm³/mol. The zero-order valence-electron chi connectivity index (χ0n) is 13.7. The van der Waals surface area contributed by atoms with E-state index in [4.69, 9.17) is 10.1 Å². The summed E-state index contributed by atoms with van der Waals surface area (Å²) in [6.45, 7) is 3.59. The molecule has 128 valence electrons. The number of fused-ring (bicyclic) bond motifs is 1. The molecule has 7 heteroatoms. The van der Waals surface area contributed by atoms with Gasteiger partial charge in [-0.3, -0.25) is 14.5 Å². The first-order valence-electron chi connectivity index (χ1n) is 8.28. The van der Waals surface area contributed by atoms with E-state index in [9.17, 15) is 9.59 Å². The Morgan fingerprint density at radius 2 is 2.17 bits per heavy atom. The van der Waals surface area contributed by atoms with Crippen molar-refractivity contribution >= 4 is 22.9 Å². The van der Waals surface area contributed by atoms with E-state index in [0.29, 0.717) is 0 Å². The molecule has 2 N–H and O–H groups in total. The van der Waals surface area contributed by atoms with E-state index in [0.717, 1.165) is 42.8 Å². The van der Waals surface area contributed by atoms with Gasteiger partial charge < -0.3 is 15.0 Å². The van der Waals surface area contributed by atoms with E-state index in [1.165, 1.54) is 0 Å². The number of likely N-dealkylation sites (tertiary alicyclic amines) is 1. The highest BCUT2D eigenvalue weighted by Crippen LogP contribution is 2.33. The van der Waals surface area contributed by atoms with Crippen LogP contribution in [0.15, 0.2) is 24.3 Å². The van der Waals surface area contributed by atoms with Gasteiger partial charge in [0.2, 0.25) is 5.91 Å². The molecular weight excluding hydrogens is 308 g/mol. The number of carboxylic acids is 1. The van der Waals surface area contributed by atoms with Gasteiger partial charge in [-0.1, -0.05) is 12.1 Å². The Balaban J connectivity index is 1.80. The number of amides is 1. The molecule has 3 rings (SSSR count). The minimum Gasteiger partial charge on any atom is -0.480 e. The average molecular weight is 330 g/mol. The number of carbonyl (C=O) groups excluding carboxylic acids is 1. The van der Waals surface area contributed by atoms with Crippen LogP contribution in [0.25, 0.3) is 11.0 Å². The number of hydrogen-bond acceptors (Lipinski definition) is 4. The topological polar surface area (TPSA) is 87.5 Å². The fourth-order valence-corrected chi connectivity index (χ4v) is 3.40. The van der Waals surface area contributed by atoms with E-state index < -0.39 is 5.97 Å². The minimum absolute atomic E-state index is 0.0907. The lowest BCUT2D eigenvalue weighted by molar-refractivity contribution is -0.138. The van der Waals surface area contributed by atoms with E-state index in [1.54, 1.807) is 0 Å². The fraction of sp³-hybridized carbons (Fsp3) is 0.471. The van der Waals surface area contributed by atoms with Gasteiger partial charge in [0.15, 0.2) is 0 Å². The third-order valence-electron chi connectivity index (χ3n) is 4.45. The van der Waals surface area contributed by atoms with E-state index in [-0.39, 0.29) is 25.0 Å². The number of carbonyl (C=O) groups is 2. The summed E-state index contributed by atoms with van der Waals surface area (Å²) in [5.41, 5.74) is 2.08. The van der Waals surface area contributed by atoms with Crippen molar-refractivity contribution in [3.05, 3.63) is 30.1 Å². The molecule has 0 bridgehead atoms. The van der Waals surface area contributed by atoms with Crippen molar-refractivity contribution in [3.63, 3.8) is 0 Å². The Morgan fingerprint density at radius 3 is 2.92 bits per heavy atom. The van der Waals surface area contributed by atoms with Gasteiger partial charge in [-0.05, 0) is 38.4 Å². The number of aryl methyl sites for hydroxylation is 1. The van der Waals surface area contributed by atoms with Crippen molar-refractivity contribution in [3.8, 4) is 0 Å². The van der Waals surface area contributed by atoms with Crippen molar-refractivity contribution in [1.29, 1.82) is 0 Å². The number of imidazole rings is 1. The van der Waals surface area contributed by atoms with Gasteiger partial charge in [-0.15, -0.1) is 0 Å². The summed E-state index contributed by atoms with van der Waals surface area (Å²) in [4.78, 5) is 29.4. The number of nitrogens with zero attached hydrogens (tertiary/aromatic N) is 3. The summed E-state index contributed by atoms with van der Waals surface area (Å²) in [7, 11) is 0. The maximum absolute atomic E-state index is 12.0. The molecule has 7 nitrogen and oxygen atoms in total. The highest BCUT2D eigenvalue weighted by molar-refractivity contribution is 5.82. The number of rotatable bonds is 6. The van der Waals surface area contributed by atoms with Crippen LogP contribution in [-0.2, 0) is 16.1 Å². The Bertz CT molecular complexity index is 755. The van der Waals surface area contributed by atoms with E-state index in [2.05, 4.69) is 27.8 Å². The third kappa shape index (κ3) is 3.26. The van der Waals surface area contributed by atoms with Gasteiger partial charge in [0.25, 0.3) is 0 Å². The van der Waals surface area contributed by atoms with Crippen LogP contribution in [0.4, 0.5) is 0 Å². The van der Waals surface area contributed by atoms with E-state index in [1.807, 2.05) is 18.2 Å². The maximum Gasteiger partial charge on any atom is 0.322 e. The first-order valence-corrected chi connectivity index (χ1v) is 8.28. The largest absolute Gasteiger partial charge is 0.480 e. The molecule has 2 aromatic rings. The van der Waals surface area contributed by atoms with Gasteiger partial charge in [0.1, 0.15) is 12.4 Å². The SMILES string of the molecule is CCn1c(C2CCCN2CC(=O)NCC(=O)O)nc2ccccc21. The maximum atomic E-state index is 12.0. The van der Waals surface area contributed by atoms with Gasteiger partial charge >= 0.3 is 5.97 Å². The second-order valence-electron chi connectivity index (χ2n) is 6.00. The lowest BCUT2D eigenvalue weighted by Gasteiger charge is -2.24. The number of para-hydroxylation sites is 2. The second kappa shape index (κ2) is 7.00. The monoisotopic (exact) mass is 330 g/mol. The van der Waals surface area contributed by atoms with Crippen LogP contribution >= 0.6 is 0 Å². The molecule has 1 unspecified atom stereocenters. The van der Waals surface area contributed by atoms with Gasteiger partial charge in [-0.25, -0.2) is 4.98 Å². The van der Waals surface area contributed by atoms with Gasteiger partial charge in [-0.2, -0.15) is 0 Å². The predicted octanol–water partition coefficient (Wildman–Crippen LogP) is 1.39. The Labute approximate surface area is 140 Å². The normalized spacial score (nSPS) is 18.1. The first-order chi connectivity index (χ1) is 11.6. The summed E-state index contributed by atoms with van der Waals surface area (Å²) in [6, 6.07) is 8.14. The molecule has 1 saturated heterocycles. The van der Waals surface area contributed by atoms with Crippen LogP contribution in [0.2, 0.25) is 0 Å². The number of benzene rings is 1. The molecule has 1 fully saturated rings. The Hall–Kier alpha value is -2.41. The number of nitrogens with one attached hydrogen (secondary N) is 1. The molecule has 1 aromatic heterocycles. The first kappa shape index (κ1) is 16.4. The van der Waals surface area contributed by atoms with Crippen molar-refractivity contribution in [2.45, 2.75) is 32.4 Å². The highest BCUT2D eigenvalue weighted by atomic mass is 16.4. The molecule has 1 amide bonds. The van der Waals surface area contributed by atoms with Gasteiger partial charge in [0, 0.05) is 6.54 Å². The molecule has 1 aromatic carbocycles. The summed E-state index contributed by atoms with van der Waals surface area (Å²) in [6.07, 6.45) is 1.96. The summed E-state index contributed by atoms with van der Waals surface area (Å²) >= 11 is 0. The number of carboxylic acid groups (broad SMARTS) is 1. The minimum atomic E-state index is -1.03. The van der Waals surface area contributed by atoms with Crippen LogP contribution in [0.3, 0.4) is 0 Å². The van der Waals surface area contributed by atoms with Crippen molar-refractivity contribution in [1.82, 2.24) is 19.8 Å². The molecule has 2 heterocycles. The van der Waals surface area contributed by atoms with Crippen molar-refractivity contribution < 1.29 is 14.7 Å². The molecule has 24 heavy (non-hydrogen) atoms. The van der Waals surface area contributed by atoms with Crippen LogP contribution in [0.5, 0.6) is 0 Å². The highest BCUT2D eigenvalue weighted by Gasteiger charge is 2.31. The Kier molecular flexibility index (Phi) is 4.80. The number of hydrogen-bond donors (Lipinski definition) is 2. The van der Waals surface area contributed by atoms with E-state index >= 15 is 0 Å². The molecule has 0 spiro atoms. The molecule has 0 saturated carbocycles. The average Bonchev–Trinajstić information content (AvgIpc) is 3.16. The quantitative estimate of drug-likeness (QED) is 0.836. The summed E-state index contributed by atoms with van der Waals surface area (Å²) in [5, 5.41) is 11.1. The van der Waals surface area contributed by atoms with Crippen LogP contribution in [0, 0.1) is 0 Å². The van der Waals surface area contributed by atoms with Crippen molar-refractivity contribution in [2.24, 2.45) is 0 Å². The molecule has 1 aliphatic rings. The molecule has 1 atom stereocenters. The molecule has 1 aliphatic heterocycles. The number of aromatic nitrogens is 2. The molecular formula is C17H22N4O3. The van der Waals surface area contributed by atoms with Crippen LogP contribution in [0.1, 0.15) is 31.6 Å². The smallest absolute Gasteiger partial charge is 0.322 e. The number of aliphatic carboxylic acids is 1. The summed E-state index contributed by atoms with van der Waals surface area (Å²) in [5.74, 6) is -0.306. The second-order valence-corrected chi connectivity index (χ2v) is 6.00. The third-order valence-corrected chi connectivity index (χ3v) is 4.45. The van der Waals surface area contributed by atoms with Gasteiger partial charge in [0.05, 0.1) is 23.6 Å². The van der Waals surface area contributed by atoms with Crippen LogP contribution < -0.4 is 5.32 Å². The lowest BCUT2D eigenvalue weighted by Crippen LogP contribution is -2.39. The van der Waals surface area contributed by atoms with Crippen LogP contribution in [-0.4, -0.2) is 51.1 Å². The fourth-order valence-electron chi connectivity index (χ4n) is 3.40. The zero-order chi connectivity index (χ0) is 17.1. The zero-order valence-corrected chi connectivity index (χ0v) is 13.7. The van der Waals surface area contributed by atoms with Crippen molar-refractivity contribution in [2.75, 3.05) is 19.6 Å². The summed E-state index contributed by atoms with van der Waals surface area (Å²) < 4.78 is 2.20.